The van der Waals surface area contributed by atoms with Crippen LogP contribution in [0, 0.1) is 0 Å². The number of fused-ring (bicyclic) bond motifs is 1. The summed E-state index contributed by atoms with van der Waals surface area (Å²) in [6, 6.07) is 5.73. The third-order valence-corrected chi connectivity index (χ3v) is 3.68. The number of pyridine rings is 1. The number of H-pyrrole nitrogens is 1. The fraction of sp³-hybridized carbons (Fsp3) is 0.0769. The van der Waals surface area contributed by atoms with E-state index >= 15 is 0 Å². The number of halogens is 3. The van der Waals surface area contributed by atoms with Gasteiger partial charge in [-0.25, -0.2) is 9.89 Å². The van der Waals surface area contributed by atoms with Crippen molar-refractivity contribution in [2.75, 3.05) is 0 Å². The number of aromatic nitrogens is 3. The second kappa shape index (κ2) is 6.57. The summed E-state index contributed by atoms with van der Waals surface area (Å²) in [7, 11) is 0. The molecule has 0 saturated heterocycles. The third-order valence-electron chi connectivity index (χ3n) is 2.56. The van der Waals surface area contributed by atoms with Crippen molar-refractivity contribution in [2.24, 2.45) is 0 Å². The first kappa shape index (κ1) is 16.6. The van der Waals surface area contributed by atoms with Gasteiger partial charge in [-0.2, -0.15) is 18.3 Å². The first-order chi connectivity index (χ1) is 10.8. The number of carboxylic acids is 1. The minimum Gasteiger partial charge on any atom is -0.475 e. The second-order valence-corrected chi connectivity index (χ2v) is 5.21. The van der Waals surface area contributed by atoms with Gasteiger partial charge in [0, 0.05) is 17.3 Å². The number of alkyl halides is 3. The van der Waals surface area contributed by atoms with E-state index in [9.17, 15) is 18.0 Å². The summed E-state index contributed by atoms with van der Waals surface area (Å²) in [6.45, 7) is 0. The lowest BCUT2D eigenvalue weighted by Gasteiger charge is -1.93. The average Bonchev–Trinajstić information content (AvgIpc) is 2.93. The largest absolute Gasteiger partial charge is 0.490 e. The summed E-state index contributed by atoms with van der Waals surface area (Å²) in [6.07, 6.45) is 0.0660. The van der Waals surface area contributed by atoms with E-state index in [4.69, 9.17) is 9.90 Å². The third kappa shape index (κ3) is 4.13. The Hall–Kier alpha value is -2.75. The van der Waals surface area contributed by atoms with Gasteiger partial charge in [0.2, 0.25) is 0 Å². The van der Waals surface area contributed by atoms with E-state index in [-0.39, 0.29) is 5.56 Å². The van der Waals surface area contributed by atoms with Crippen molar-refractivity contribution in [2.45, 2.75) is 6.18 Å². The van der Waals surface area contributed by atoms with Crippen molar-refractivity contribution in [1.29, 1.82) is 0 Å². The highest BCUT2D eigenvalue weighted by molar-refractivity contribution is 7.22. The van der Waals surface area contributed by atoms with Gasteiger partial charge in [-0.05, 0) is 23.8 Å². The van der Waals surface area contributed by atoms with Gasteiger partial charge >= 0.3 is 12.1 Å². The Bertz CT molecular complexity index is 875. The highest BCUT2D eigenvalue weighted by atomic mass is 32.1. The van der Waals surface area contributed by atoms with Crippen molar-refractivity contribution < 1.29 is 23.1 Å². The Labute approximate surface area is 130 Å². The number of thiophene rings is 1. The molecule has 3 aromatic rings. The van der Waals surface area contributed by atoms with Crippen molar-refractivity contribution in [1.82, 2.24) is 15.2 Å². The molecule has 2 N–H and O–H groups in total. The van der Waals surface area contributed by atoms with Crippen LogP contribution in [0.2, 0.25) is 0 Å². The van der Waals surface area contributed by atoms with Crippen molar-refractivity contribution in [3.05, 3.63) is 47.1 Å². The fourth-order valence-electron chi connectivity index (χ4n) is 1.55. The zero-order valence-corrected chi connectivity index (χ0v) is 12.0. The number of carbonyl (C=O) groups is 1. The van der Waals surface area contributed by atoms with Crippen LogP contribution in [-0.4, -0.2) is 32.4 Å². The molecule has 0 fully saturated rings. The SMILES string of the molecule is O=C(O)C(F)(F)F.O=c1[nH]ncc2sc(-c3ccncc3)cc12. The number of aromatic amines is 1. The molecule has 3 aromatic heterocycles. The maximum Gasteiger partial charge on any atom is 0.490 e. The molecule has 0 aromatic carbocycles. The molecule has 10 heteroatoms. The molecule has 0 unspecified atom stereocenters. The van der Waals surface area contributed by atoms with Crippen LogP contribution in [0.3, 0.4) is 0 Å². The van der Waals surface area contributed by atoms with Gasteiger partial charge in [0.1, 0.15) is 0 Å². The molecule has 0 aliphatic carbocycles. The predicted molar refractivity (Wildman–Crippen MR) is 77.2 cm³/mol. The van der Waals surface area contributed by atoms with Gasteiger partial charge in [-0.15, -0.1) is 11.3 Å². The molecule has 3 rings (SSSR count). The first-order valence-corrected chi connectivity index (χ1v) is 6.78. The number of nitrogens with one attached hydrogen (secondary N) is 1. The lowest BCUT2D eigenvalue weighted by Crippen LogP contribution is -2.21. The maximum atomic E-state index is 11.5. The quantitative estimate of drug-likeness (QED) is 0.708. The normalized spacial score (nSPS) is 10.9. The van der Waals surface area contributed by atoms with Gasteiger partial charge in [-0.3, -0.25) is 9.78 Å². The Kier molecular flexibility index (Phi) is 4.74. The molecule has 0 saturated carbocycles. The molecule has 0 radical (unpaired) electrons. The minimum absolute atomic E-state index is 0.144. The van der Waals surface area contributed by atoms with E-state index < -0.39 is 12.1 Å². The molecule has 0 atom stereocenters. The molecule has 3 heterocycles. The number of aliphatic carboxylic acids is 1. The number of hydrogen-bond acceptors (Lipinski definition) is 5. The van der Waals surface area contributed by atoms with Crippen LogP contribution in [0.15, 0.2) is 41.6 Å². The van der Waals surface area contributed by atoms with E-state index in [1.807, 2.05) is 18.2 Å². The first-order valence-electron chi connectivity index (χ1n) is 5.97. The van der Waals surface area contributed by atoms with E-state index in [1.165, 1.54) is 0 Å². The van der Waals surface area contributed by atoms with Gasteiger partial charge in [0.05, 0.1) is 16.3 Å². The molecular weight excluding hydrogens is 335 g/mol. The van der Waals surface area contributed by atoms with Crippen molar-refractivity contribution in [3.8, 4) is 10.4 Å². The van der Waals surface area contributed by atoms with Gasteiger partial charge in [-0.1, -0.05) is 0 Å². The topological polar surface area (TPSA) is 95.9 Å². The summed E-state index contributed by atoms with van der Waals surface area (Å²) in [5, 5.41) is 14.0. The molecule has 6 nitrogen and oxygen atoms in total. The van der Waals surface area contributed by atoms with Crippen LogP contribution in [0.4, 0.5) is 13.2 Å². The molecule has 23 heavy (non-hydrogen) atoms. The van der Waals surface area contributed by atoms with Crippen LogP contribution in [0.5, 0.6) is 0 Å². The van der Waals surface area contributed by atoms with E-state index in [0.29, 0.717) is 5.39 Å². The summed E-state index contributed by atoms with van der Waals surface area (Å²) in [5.74, 6) is -2.76. The molecule has 0 amide bonds. The summed E-state index contributed by atoms with van der Waals surface area (Å²) in [5.41, 5.74) is 0.921. The van der Waals surface area contributed by atoms with E-state index in [0.717, 1.165) is 15.1 Å². The minimum atomic E-state index is -5.08. The van der Waals surface area contributed by atoms with Crippen molar-refractivity contribution >= 4 is 27.4 Å². The number of rotatable bonds is 1. The van der Waals surface area contributed by atoms with Crippen LogP contribution in [0.1, 0.15) is 0 Å². The Morgan fingerprint density at radius 1 is 1.26 bits per heavy atom. The maximum absolute atomic E-state index is 11.5. The zero-order chi connectivity index (χ0) is 17.0. The summed E-state index contributed by atoms with van der Waals surface area (Å²) < 4.78 is 32.6. The standard InChI is InChI=1S/C11H7N3OS.C2HF3O2/c15-11-8-5-9(7-1-3-12-4-2-7)16-10(8)6-13-14-11;3-2(4,5)1(6)7/h1-6H,(H,14,15);(H,6,7). The van der Waals surface area contributed by atoms with E-state index in [2.05, 4.69) is 15.2 Å². The molecule has 0 spiro atoms. The molecule has 0 aliphatic rings. The highest BCUT2D eigenvalue weighted by Crippen LogP contribution is 2.30. The Balaban J connectivity index is 0.000000236. The number of nitrogens with zero attached hydrogens (tertiary/aromatic N) is 2. The monoisotopic (exact) mass is 343 g/mol. The molecule has 120 valence electrons. The van der Waals surface area contributed by atoms with Gasteiger partial charge in [0.15, 0.2) is 0 Å². The molecule has 0 bridgehead atoms. The Morgan fingerprint density at radius 2 is 1.87 bits per heavy atom. The highest BCUT2D eigenvalue weighted by Gasteiger charge is 2.38. The fourth-order valence-corrected chi connectivity index (χ4v) is 2.58. The van der Waals surface area contributed by atoms with Crippen LogP contribution in [0.25, 0.3) is 20.5 Å². The van der Waals surface area contributed by atoms with Crippen LogP contribution < -0.4 is 5.56 Å². The van der Waals surface area contributed by atoms with Crippen LogP contribution in [-0.2, 0) is 4.79 Å². The van der Waals surface area contributed by atoms with E-state index in [1.54, 1.807) is 29.9 Å². The zero-order valence-electron chi connectivity index (χ0n) is 11.2. The van der Waals surface area contributed by atoms with Gasteiger partial charge in [0.25, 0.3) is 5.56 Å². The second-order valence-electron chi connectivity index (χ2n) is 4.13. The molecule has 0 aliphatic heterocycles. The van der Waals surface area contributed by atoms with Gasteiger partial charge < -0.3 is 5.11 Å². The smallest absolute Gasteiger partial charge is 0.475 e. The summed E-state index contributed by atoms with van der Waals surface area (Å²) >= 11 is 1.55. The lowest BCUT2D eigenvalue weighted by atomic mass is 10.2. The lowest BCUT2D eigenvalue weighted by molar-refractivity contribution is -0.192. The Morgan fingerprint density at radius 3 is 2.39 bits per heavy atom. The number of hydrogen-bond donors (Lipinski definition) is 2. The average molecular weight is 343 g/mol. The van der Waals surface area contributed by atoms with Crippen molar-refractivity contribution in [3.63, 3.8) is 0 Å². The predicted octanol–water partition coefficient (Wildman–Crippen LogP) is 2.68. The number of carboxylic acid groups (broad SMARTS) is 1. The summed E-state index contributed by atoms with van der Waals surface area (Å²) in [4.78, 5) is 25.4. The van der Waals surface area contributed by atoms with Crippen LogP contribution >= 0.6 is 11.3 Å². The molecular formula is C13H8F3N3O3S.